The smallest absolute Gasteiger partial charge is 0.408 e. The van der Waals surface area contributed by atoms with Crippen molar-refractivity contribution in [2.45, 2.75) is 18.6 Å². The predicted molar refractivity (Wildman–Crippen MR) is 84.1 cm³/mol. The summed E-state index contributed by atoms with van der Waals surface area (Å²) in [4.78, 5) is 35.0. The molecule has 0 aliphatic carbocycles. The van der Waals surface area contributed by atoms with Crippen LogP contribution in [-0.4, -0.2) is 53.8 Å². The number of halogens is 2. The summed E-state index contributed by atoms with van der Waals surface area (Å²) in [5.41, 5.74) is -0.183. The molecule has 0 bridgehead atoms. The number of hydrogen-bond donors (Lipinski definition) is 2. The largest absolute Gasteiger partial charge is 0.466 e. The van der Waals surface area contributed by atoms with Crippen molar-refractivity contribution >= 4 is 29.7 Å². The van der Waals surface area contributed by atoms with Gasteiger partial charge in [-0.05, 0) is 12.1 Å². The highest BCUT2D eigenvalue weighted by molar-refractivity contribution is 5.97. The molecule has 1 fully saturated rings. The van der Waals surface area contributed by atoms with Crippen LogP contribution in [0.2, 0.25) is 0 Å². The van der Waals surface area contributed by atoms with Crippen LogP contribution in [0.3, 0.4) is 0 Å². The molecule has 0 aromatic heterocycles. The van der Waals surface area contributed by atoms with E-state index in [4.69, 9.17) is 5.11 Å². The number of alkyl halides is 1. The van der Waals surface area contributed by atoms with Crippen LogP contribution in [0.5, 0.6) is 0 Å². The van der Waals surface area contributed by atoms with Gasteiger partial charge in [0, 0.05) is 18.1 Å². The van der Waals surface area contributed by atoms with Crippen LogP contribution < -0.4 is 5.32 Å². The maximum Gasteiger partial charge on any atom is 0.408 e. The third-order valence-corrected chi connectivity index (χ3v) is 3.69. The number of methoxy groups -OCH3 is 1. The number of amides is 2. The van der Waals surface area contributed by atoms with Gasteiger partial charge < -0.3 is 15.2 Å². The highest BCUT2D eigenvalue weighted by atomic mass is 19.1. The molecule has 2 N–H and O–H groups in total. The maximum absolute atomic E-state index is 14.4. The molecule has 7 nitrogen and oxygen atoms in total. The fourth-order valence-electron chi connectivity index (χ4n) is 2.46. The summed E-state index contributed by atoms with van der Waals surface area (Å²) >= 11 is 0. The number of esters is 1. The Morgan fingerprint density at radius 1 is 1.40 bits per heavy atom. The first-order valence-electron chi connectivity index (χ1n) is 7.32. The number of hydrogen-bond acceptors (Lipinski definition) is 4. The molecule has 1 heterocycles. The Morgan fingerprint density at radius 2 is 2.12 bits per heavy atom. The van der Waals surface area contributed by atoms with Gasteiger partial charge in [0.2, 0.25) is 5.91 Å². The number of anilines is 1. The number of nitrogens with zero attached hydrogens (tertiary/aromatic N) is 1. The van der Waals surface area contributed by atoms with E-state index in [1.54, 1.807) is 0 Å². The van der Waals surface area contributed by atoms with Gasteiger partial charge in [-0.15, -0.1) is 0 Å². The Kier molecular flexibility index (Phi) is 5.68. The first-order valence-corrected chi connectivity index (χ1v) is 7.32. The summed E-state index contributed by atoms with van der Waals surface area (Å²) in [5.74, 6) is -2.31. The molecule has 1 aromatic rings. The molecule has 1 aliphatic heterocycles. The quantitative estimate of drug-likeness (QED) is 0.637. The second-order valence-corrected chi connectivity index (χ2v) is 5.34. The Balaban J connectivity index is 2.17. The summed E-state index contributed by atoms with van der Waals surface area (Å²) in [5, 5.41) is 11.3. The van der Waals surface area contributed by atoms with E-state index in [9.17, 15) is 23.2 Å². The molecule has 1 saturated heterocycles. The molecular formula is C16H16F2N2O5. The van der Waals surface area contributed by atoms with Gasteiger partial charge in [-0.25, -0.2) is 18.4 Å². The Labute approximate surface area is 141 Å². The van der Waals surface area contributed by atoms with E-state index in [0.717, 1.165) is 6.08 Å². The third-order valence-electron chi connectivity index (χ3n) is 3.69. The van der Waals surface area contributed by atoms with Crippen molar-refractivity contribution in [3.63, 3.8) is 0 Å². The monoisotopic (exact) mass is 354 g/mol. The van der Waals surface area contributed by atoms with Crippen molar-refractivity contribution < 1.29 is 33.0 Å². The van der Waals surface area contributed by atoms with E-state index in [1.807, 2.05) is 0 Å². The minimum Gasteiger partial charge on any atom is -0.466 e. The summed E-state index contributed by atoms with van der Waals surface area (Å²) in [6.45, 7) is -0.405. The van der Waals surface area contributed by atoms with Crippen LogP contribution in [-0.2, 0) is 14.3 Å². The van der Waals surface area contributed by atoms with Gasteiger partial charge in [-0.2, -0.15) is 0 Å². The lowest BCUT2D eigenvalue weighted by Crippen LogP contribution is -2.42. The summed E-state index contributed by atoms with van der Waals surface area (Å²) in [6, 6.07) is 2.86. The van der Waals surface area contributed by atoms with Crippen molar-refractivity contribution in [3.05, 3.63) is 35.7 Å². The van der Waals surface area contributed by atoms with Crippen LogP contribution in [0, 0.1) is 5.82 Å². The van der Waals surface area contributed by atoms with E-state index in [2.05, 4.69) is 10.1 Å². The van der Waals surface area contributed by atoms with Gasteiger partial charge in [0.25, 0.3) is 0 Å². The van der Waals surface area contributed by atoms with Crippen LogP contribution >= 0.6 is 0 Å². The van der Waals surface area contributed by atoms with Crippen LogP contribution in [0.15, 0.2) is 24.3 Å². The number of likely N-dealkylation sites (tertiary alicyclic amines) is 1. The second-order valence-electron chi connectivity index (χ2n) is 5.34. The molecular weight excluding hydrogens is 338 g/mol. The highest BCUT2D eigenvalue weighted by Gasteiger charge is 2.40. The lowest BCUT2D eigenvalue weighted by molar-refractivity contribution is -0.134. The van der Waals surface area contributed by atoms with Gasteiger partial charge >= 0.3 is 12.1 Å². The molecule has 2 atom stereocenters. The molecule has 0 unspecified atom stereocenters. The van der Waals surface area contributed by atoms with E-state index in [1.165, 1.54) is 31.4 Å². The van der Waals surface area contributed by atoms with Gasteiger partial charge in [0.1, 0.15) is 12.2 Å². The Morgan fingerprint density at radius 3 is 2.76 bits per heavy atom. The average Bonchev–Trinajstić information content (AvgIpc) is 2.97. The van der Waals surface area contributed by atoms with Gasteiger partial charge in [-0.3, -0.25) is 9.69 Å². The van der Waals surface area contributed by atoms with Crippen molar-refractivity contribution in [1.29, 1.82) is 0 Å². The van der Waals surface area contributed by atoms with E-state index >= 15 is 0 Å². The van der Waals surface area contributed by atoms with Crippen molar-refractivity contribution in [2.24, 2.45) is 0 Å². The summed E-state index contributed by atoms with van der Waals surface area (Å²) in [6.07, 6.45) is -0.975. The Bertz CT molecular complexity index is 722. The van der Waals surface area contributed by atoms with Crippen LogP contribution in [0.25, 0.3) is 6.08 Å². The number of rotatable bonds is 4. The molecule has 25 heavy (non-hydrogen) atoms. The zero-order chi connectivity index (χ0) is 18.6. The number of carbonyl (C=O) groups excluding carboxylic acids is 2. The van der Waals surface area contributed by atoms with Crippen molar-refractivity contribution in [1.82, 2.24) is 4.90 Å². The first-order chi connectivity index (χ1) is 11.8. The van der Waals surface area contributed by atoms with E-state index in [0.29, 0.717) is 4.90 Å². The number of ether oxygens (including phenoxy) is 1. The van der Waals surface area contributed by atoms with Crippen molar-refractivity contribution in [3.8, 4) is 0 Å². The molecule has 9 heteroatoms. The lowest BCUT2D eigenvalue weighted by Gasteiger charge is -2.20. The molecule has 1 aromatic carbocycles. The third kappa shape index (κ3) is 4.31. The number of benzene rings is 1. The zero-order valence-corrected chi connectivity index (χ0v) is 13.2. The first kappa shape index (κ1) is 18.4. The van der Waals surface area contributed by atoms with Crippen LogP contribution in [0.1, 0.15) is 12.0 Å². The molecule has 134 valence electrons. The molecule has 2 amide bonds. The minimum atomic E-state index is -1.45. The number of nitrogens with one attached hydrogen (secondary N) is 1. The summed E-state index contributed by atoms with van der Waals surface area (Å²) in [7, 11) is 1.17. The van der Waals surface area contributed by atoms with E-state index < -0.39 is 42.5 Å². The molecule has 0 saturated carbocycles. The maximum atomic E-state index is 14.4. The standard InChI is InChI=1S/C16H16F2N2O5/c1-25-13(21)6-5-9-3-2-4-11(14(9)18)19-15(22)12-7-10(17)8-20(12)16(23)24/h2-6,10,12H,7-8H2,1H3,(H,19,22)(H,23,24)/t10-,12+/m1/s1. The average molecular weight is 354 g/mol. The van der Waals surface area contributed by atoms with Crippen molar-refractivity contribution in [2.75, 3.05) is 19.0 Å². The molecule has 0 radical (unpaired) electrons. The van der Waals surface area contributed by atoms with Gasteiger partial charge in [0.05, 0.1) is 19.3 Å². The fourth-order valence-corrected chi connectivity index (χ4v) is 2.46. The number of carbonyl (C=O) groups is 3. The van der Waals surface area contributed by atoms with Gasteiger partial charge in [-0.1, -0.05) is 12.1 Å². The second kappa shape index (κ2) is 7.73. The van der Waals surface area contributed by atoms with Gasteiger partial charge in [0.15, 0.2) is 5.82 Å². The topological polar surface area (TPSA) is 95.9 Å². The molecule has 1 aliphatic rings. The fraction of sp³-hybridized carbons (Fsp3) is 0.312. The SMILES string of the molecule is COC(=O)C=Cc1cccc(NC(=O)[C@@H]2C[C@@H](F)CN2C(=O)O)c1F. The lowest BCUT2D eigenvalue weighted by atomic mass is 10.1. The van der Waals surface area contributed by atoms with Crippen LogP contribution in [0.4, 0.5) is 19.3 Å². The normalized spacial score (nSPS) is 19.9. The predicted octanol–water partition coefficient (Wildman–Crippen LogP) is 2.04. The Hall–Kier alpha value is -2.97. The number of carboxylic acid groups (broad SMARTS) is 1. The molecule has 2 rings (SSSR count). The highest BCUT2D eigenvalue weighted by Crippen LogP contribution is 2.24. The minimum absolute atomic E-state index is 0.0214. The summed E-state index contributed by atoms with van der Waals surface area (Å²) < 4.78 is 32.2. The van der Waals surface area contributed by atoms with E-state index in [-0.39, 0.29) is 17.7 Å². The molecule has 0 spiro atoms. The zero-order valence-electron chi connectivity index (χ0n) is 13.2.